The highest BCUT2D eigenvalue weighted by Crippen LogP contribution is 2.70. The van der Waals surface area contributed by atoms with Crippen molar-refractivity contribution in [1.29, 1.82) is 0 Å². The number of hydrogen-bond donors (Lipinski definition) is 5. The van der Waals surface area contributed by atoms with Gasteiger partial charge in [0.25, 0.3) is 0 Å². The zero-order valence-electron chi connectivity index (χ0n) is 27.0. The number of carbonyl (C=O) groups is 2. The molecule has 2 bridgehead atoms. The predicted molar refractivity (Wildman–Crippen MR) is 162 cm³/mol. The standard InChI is InChI=1S/C30H46O16S2/c1-14(2)9-22(32)44-25-24(46-48(39,40)41)23(45-47(36,37)38)20(13-31)43-28(25)42-17-10-18(27(34)35)19-7-8-30-11-16(15(3)26(30)33)5-6-21(30)29(19,4)12-17/h14,16-21,23-26,28,31,33H,3,5-13H2,1-2,4H3,(H,34,35)(H,36,37,38)(H,39,40,41)/t16-,17-,18-,19-,20+,21+,23+,24-,25+,26+,28+,29-,30-/m1/s1. The van der Waals surface area contributed by atoms with Gasteiger partial charge >= 0.3 is 32.7 Å². The van der Waals surface area contributed by atoms with Crippen LogP contribution >= 0.6 is 0 Å². The minimum Gasteiger partial charge on any atom is -0.481 e. The van der Waals surface area contributed by atoms with Crippen LogP contribution in [0.1, 0.15) is 72.1 Å². The first-order valence-corrected chi connectivity index (χ1v) is 18.9. The van der Waals surface area contributed by atoms with E-state index in [9.17, 15) is 50.8 Å². The van der Waals surface area contributed by atoms with E-state index in [0.29, 0.717) is 12.8 Å². The maximum absolute atomic E-state index is 12.9. The van der Waals surface area contributed by atoms with Gasteiger partial charge in [-0.15, -0.1) is 0 Å². The molecule has 13 atom stereocenters. The molecule has 0 unspecified atom stereocenters. The molecule has 0 aromatic carbocycles. The largest absolute Gasteiger partial charge is 0.481 e. The predicted octanol–water partition coefficient (Wildman–Crippen LogP) is 1.67. The van der Waals surface area contributed by atoms with Gasteiger partial charge < -0.3 is 29.5 Å². The second-order valence-electron chi connectivity index (χ2n) is 14.8. The number of aliphatic carboxylic acids is 1. The molecule has 18 heteroatoms. The Morgan fingerprint density at radius 3 is 2.25 bits per heavy atom. The normalized spacial score (nSPS) is 43.0. The summed E-state index contributed by atoms with van der Waals surface area (Å²) < 4.78 is 93.5. The molecule has 0 aromatic rings. The summed E-state index contributed by atoms with van der Waals surface area (Å²) in [5.41, 5.74) is -0.319. The molecular formula is C30H46O16S2. The molecule has 0 aromatic heterocycles. The van der Waals surface area contributed by atoms with E-state index < -0.39 is 99.0 Å². The molecule has 5 N–H and O–H groups in total. The Balaban J connectivity index is 1.51. The molecule has 274 valence electrons. The molecular weight excluding hydrogens is 680 g/mol. The summed E-state index contributed by atoms with van der Waals surface area (Å²) in [4.78, 5) is 25.7. The second-order valence-corrected chi connectivity index (χ2v) is 16.9. The summed E-state index contributed by atoms with van der Waals surface area (Å²) in [6, 6.07) is 0. The molecule has 5 fully saturated rings. The van der Waals surface area contributed by atoms with Gasteiger partial charge in [-0.1, -0.05) is 27.4 Å². The number of aliphatic hydroxyl groups is 2. The first-order chi connectivity index (χ1) is 22.2. The fraction of sp³-hybridized carbons (Fsp3) is 0.867. The molecule has 1 saturated heterocycles. The van der Waals surface area contributed by atoms with E-state index in [1.807, 2.05) is 6.92 Å². The van der Waals surface area contributed by atoms with Gasteiger partial charge in [0.1, 0.15) is 12.2 Å². The summed E-state index contributed by atoms with van der Waals surface area (Å²) in [6.45, 7) is 8.52. The van der Waals surface area contributed by atoms with E-state index in [0.717, 1.165) is 24.8 Å². The maximum Gasteiger partial charge on any atom is 0.397 e. The van der Waals surface area contributed by atoms with Crippen LogP contribution in [0.2, 0.25) is 0 Å². The van der Waals surface area contributed by atoms with Gasteiger partial charge in [-0.3, -0.25) is 18.7 Å². The fourth-order valence-electron chi connectivity index (χ4n) is 9.82. The van der Waals surface area contributed by atoms with Crippen LogP contribution in [0.5, 0.6) is 0 Å². The first-order valence-electron chi connectivity index (χ1n) is 16.2. The summed E-state index contributed by atoms with van der Waals surface area (Å²) in [5.74, 6) is -3.25. The van der Waals surface area contributed by atoms with E-state index in [-0.39, 0.29) is 42.9 Å². The molecule has 16 nitrogen and oxygen atoms in total. The van der Waals surface area contributed by atoms with Crippen LogP contribution in [-0.4, -0.2) is 103 Å². The lowest BCUT2D eigenvalue weighted by Gasteiger charge is -2.62. The average molecular weight is 727 g/mol. The number of ether oxygens (including phenoxy) is 3. The summed E-state index contributed by atoms with van der Waals surface area (Å²) in [5, 5.41) is 32.0. The molecule has 5 rings (SSSR count). The number of hydrogen-bond acceptors (Lipinski definition) is 13. The quantitative estimate of drug-likeness (QED) is 0.0879. The lowest BCUT2D eigenvalue weighted by atomic mass is 9.43. The monoisotopic (exact) mass is 726 g/mol. The van der Waals surface area contributed by atoms with Crippen molar-refractivity contribution in [3.8, 4) is 0 Å². The molecule has 48 heavy (non-hydrogen) atoms. The highest BCUT2D eigenvalue weighted by molar-refractivity contribution is 7.81. The van der Waals surface area contributed by atoms with E-state index in [2.05, 4.69) is 10.8 Å². The van der Waals surface area contributed by atoms with Crippen molar-refractivity contribution < 1.29 is 73.4 Å². The van der Waals surface area contributed by atoms with Gasteiger partial charge in [-0.2, -0.15) is 16.8 Å². The molecule has 0 radical (unpaired) electrons. The van der Waals surface area contributed by atoms with E-state index in [1.165, 1.54) is 0 Å². The van der Waals surface area contributed by atoms with Crippen molar-refractivity contribution >= 4 is 32.7 Å². The Hall–Kier alpha value is -1.74. The third kappa shape index (κ3) is 7.20. The molecule has 1 heterocycles. The van der Waals surface area contributed by atoms with Crippen LogP contribution < -0.4 is 0 Å². The Morgan fingerprint density at radius 1 is 1.02 bits per heavy atom. The molecule has 1 aliphatic heterocycles. The zero-order chi connectivity index (χ0) is 35.6. The lowest BCUT2D eigenvalue weighted by Crippen LogP contribution is -2.64. The number of aliphatic hydroxyl groups excluding tert-OH is 2. The van der Waals surface area contributed by atoms with Crippen molar-refractivity contribution in [2.45, 2.75) is 115 Å². The Bertz CT molecular complexity index is 1480. The van der Waals surface area contributed by atoms with Crippen LogP contribution in [0.3, 0.4) is 0 Å². The molecule has 4 saturated carbocycles. The maximum atomic E-state index is 12.9. The summed E-state index contributed by atoms with van der Waals surface area (Å²) in [7, 11) is -10.8. The summed E-state index contributed by atoms with van der Waals surface area (Å²) >= 11 is 0. The topological polar surface area (TPSA) is 250 Å². The number of rotatable bonds is 11. The third-order valence-corrected chi connectivity index (χ3v) is 12.4. The van der Waals surface area contributed by atoms with Crippen LogP contribution in [0.25, 0.3) is 0 Å². The average Bonchev–Trinajstić information content (AvgIpc) is 3.12. The van der Waals surface area contributed by atoms with Crippen LogP contribution in [0, 0.1) is 40.4 Å². The Kier molecular flexibility index (Phi) is 10.5. The van der Waals surface area contributed by atoms with E-state index >= 15 is 0 Å². The number of carboxylic acid groups (broad SMARTS) is 1. The van der Waals surface area contributed by atoms with Crippen molar-refractivity contribution in [2.24, 2.45) is 40.4 Å². The molecule has 0 amide bonds. The highest BCUT2D eigenvalue weighted by atomic mass is 32.3. The van der Waals surface area contributed by atoms with Crippen molar-refractivity contribution in [1.82, 2.24) is 0 Å². The minimum absolute atomic E-state index is 0.0156. The lowest BCUT2D eigenvalue weighted by molar-refractivity contribution is -0.316. The van der Waals surface area contributed by atoms with Crippen LogP contribution in [-0.2, 0) is 53.0 Å². The van der Waals surface area contributed by atoms with Gasteiger partial charge in [0.05, 0.1) is 24.7 Å². The van der Waals surface area contributed by atoms with Gasteiger partial charge in [0, 0.05) is 11.8 Å². The SMILES string of the molecule is C=C1[C@@H]2CC[C@H]3[C@]4(C)C[C@H](O[C@H]5O[C@@H](CO)[C@H](OS(=O)(=O)O)[C@@H](OS(=O)(=O)O)[C@@H]5OC(=O)CC(C)C)C[C@@H](C(=O)O)[C@H]4CC[C@]3(C2)[C@H]1O. The van der Waals surface area contributed by atoms with Gasteiger partial charge in [0.2, 0.25) is 0 Å². The van der Waals surface area contributed by atoms with Gasteiger partial charge in [-0.25, -0.2) is 8.37 Å². The number of carboxylic acids is 1. The summed E-state index contributed by atoms with van der Waals surface area (Å²) in [6.07, 6.45) is -7.93. The van der Waals surface area contributed by atoms with E-state index in [4.69, 9.17) is 18.4 Å². The fourth-order valence-corrected chi connectivity index (χ4v) is 10.8. The minimum atomic E-state index is -5.42. The second kappa shape index (κ2) is 13.4. The van der Waals surface area contributed by atoms with Crippen molar-refractivity contribution in [3.05, 3.63) is 12.2 Å². The van der Waals surface area contributed by atoms with Crippen molar-refractivity contribution in [2.75, 3.05) is 6.61 Å². The third-order valence-electron chi connectivity index (χ3n) is 11.5. The van der Waals surface area contributed by atoms with Gasteiger partial charge in [-0.05, 0) is 79.6 Å². The number of carbonyl (C=O) groups excluding carboxylic acids is 1. The number of fused-ring (bicyclic) bond motifs is 3. The van der Waals surface area contributed by atoms with Crippen molar-refractivity contribution in [3.63, 3.8) is 0 Å². The molecule has 5 aliphatic rings. The molecule has 4 aliphatic carbocycles. The highest BCUT2D eigenvalue weighted by Gasteiger charge is 2.67. The molecule has 1 spiro atoms. The Labute approximate surface area is 280 Å². The zero-order valence-corrected chi connectivity index (χ0v) is 28.7. The number of esters is 1. The van der Waals surface area contributed by atoms with Crippen LogP contribution in [0.15, 0.2) is 12.2 Å². The Morgan fingerprint density at radius 2 is 1.67 bits per heavy atom. The van der Waals surface area contributed by atoms with Gasteiger partial charge in [0.15, 0.2) is 18.5 Å². The van der Waals surface area contributed by atoms with Crippen LogP contribution in [0.4, 0.5) is 0 Å². The first kappa shape index (κ1) is 37.5. The smallest absolute Gasteiger partial charge is 0.397 e. The van der Waals surface area contributed by atoms with E-state index in [1.54, 1.807) is 13.8 Å².